The van der Waals surface area contributed by atoms with Crippen molar-refractivity contribution in [3.63, 3.8) is 0 Å². The second-order valence-corrected chi connectivity index (χ2v) is 8.86. The fraction of sp³-hybridized carbons (Fsp3) is 0.810. The maximum Gasteiger partial charge on any atom is 0.0220 e. The highest BCUT2D eigenvalue weighted by Crippen LogP contribution is 2.56. The van der Waals surface area contributed by atoms with Gasteiger partial charge in [-0.1, -0.05) is 39.5 Å². The molecule has 2 N–H and O–H groups in total. The standard InChI is InChI=1S/C21H36N2/c1-15(12-22)5-6-16(2)23-13-19(14-23)11-21-9-7-20(8-10-21)17(3)18(21)4/h7,9,15,17-20H,2,5-6,8,10-14,22H2,1,3-4H3/t15?,17?,18?,20?,21-/m1/s1. The van der Waals surface area contributed by atoms with Crippen molar-refractivity contribution in [1.29, 1.82) is 0 Å². The van der Waals surface area contributed by atoms with Crippen molar-refractivity contribution in [3.8, 4) is 0 Å². The van der Waals surface area contributed by atoms with E-state index in [9.17, 15) is 0 Å². The summed E-state index contributed by atoms with van der Waals surface area (Å²) in [7, 11) is 0. The van der Waals surface area contributed by atoms with Crippen molar-refractivity contribution in [1.82, 2.24) is 4.90 Å². The first kappa shape index (κ1) is 17.1. The smallest absolute Gasteiger partial charge is 0.0220 e. The Labute approximate surface area is 143 Å². The first-order chi connectivity index (χ1) is 10.9. The Morgan fingerprint density at radius 1 is 1.39 bits per heavy atom. The summed E-state index contributed by atoms with van der Waals surface area (Å²) in [5.41, 5.74) is 7.55. The third-order valence-electron chi connectivity index (χ3n) is 7.39. The molecule has 4 unspecified atom stereocenters. The Bertz CT molecular complexity index is 462. The lowest BCUT2D eigenvalue weighted by Gasteiger charge is -2.55. The average molecular weight is 317 g/mol. The molecule has 5 atom stereocenters. The SMILES string of the molecule is C=C(CCC(C)CN)N1CC(C[C@@]23C=CC(CC2)C(C)C3C)C1. The van der Waals surface area contributed by atoms with Crippen LogP contribution in [0.1, 0.15) is 52.9 Å². The summed E-state index contributed by atoms with van der Waals surface area (Å²) in [6.07, 6.45) is 11.7. The van der Waals surface area contributed by atoms with Crippen LogP contribution < -0.4 is 5.73 Å². The van der Waals surface area contributed by atoms with Crippen LogP contribution in [0, 0.1) is 35.0 Å². The van der Waals surface area contributed by atoms with Gasteiger partial charge in [-0.3, -0.25) is 0 Å². The maximum absolute atomic E-state index is 5.72. The molecule has 1 saturated carbocycles. The first-order valence-corrected chi connectivity index (χ1v) is 9.77. The van der Waals surface area contributed by atoms with E-state index >= 15 is 0 Å². The Kier molecular flexibility index (Phi) is 4.92. The van der Waals surface area contributed by atoms with Crippen molar-refractivity contribution in [2.45, 2.75) is 52.9 Å². The second kappa shape index (κ2) is 6.63. The summed E-state index contributed by atoms with van der Waals surface area (Å²) < 4.78 is 0. The van der Waals surface area contributed by atoms with Gasteiger partial charge in [0.05, 0.1) is 0 Å². The molecule has 1 saturated heterocycles. The van der Waals surface area contributed by atoms with Crippen LogP contribution in [-0.4, -0.2) is 24.5 Å². The van der Waals surface area contributed by atoms with Crippen LogP contribution >= 0.6 is 0 Å². The zero-order chi connectivity index (χ0) is 16.6. The molecule has 4 rings (SSSR count). The van der Waals surface area contributed by atoms with E-state index in [2.05, 4.69) is 44.4 Å². The number of hydrogen-bond donors (Lipinski definition) is 1. The fourth-order valence-corrected chi connectivity index (χ4v) is 5.18. The van der Waals surface area contributed by atoms with E-state index in [0.717, 1.165) is 36.6 Å². The van der Waals surface area contributed by atoms with E-state index in [1.54, 1.807) is 0 Å². The zero-order valence-electron chi connectivity index (χ0n) is 15.4. The summed E-state index contributed by atoms with van der Waals surface area (Å²) in [5, 5.41) is 0. The summed E-state index contributed by atoms with van der Waals surface area (Å²) in [6.45, 7) is 14.8. The monoisotopic (exact) mass is 316 g/mol. The van der Waals surface area contributed by atoms with Gasteiger partial charge in [-0.05, 0) is 73.7 Å². The molecule has 0 aromatic heterocycles. The molecular formula is C21H36N2. The predicted octanol–water partition coefficient (Wildman–Crippen LogP) is 4.44. The van der Waals surface area contributed by atoms with Gasteiger partial charge in [-0.15, -0.1) is 0 Å². The third kappa shape index (κ3) is 3.24. The average Bonchev–Trinajstić information content (AvgIpc) is 2.53. The van der Waals surface area contributed by atoms with E-state index in [1.165, 1.54) is 44.5 Å². The molecule has 2 heteroatoms. The minimum atomic E-state index is 0.500. The minimum Gasteiger partial charge on any atom is -0.375 e. The minimum absolute atomic E-state index is 0.500. The van der Waals surface area contributed by atoms with Gasteiger partial charge in [-0.25, -0.2) is 0 Å². The van der Waals surface area contributed by atoms with Crippen LogP contribution in [0.4, 0.5) is 0 Å². The van der Waals surface area contributed by atoms with Crippen molar-refractivity contribution in [3.05, 3.63) is 24.4 Å². The van der Waals surface area contributed by atoms with Gasteiger partial charge in [0.1, 0.15) is 0 Å². The van der Waals surface area contributed by atoms with E-state index in [-0.39, 0.29) is 0 Å². The van der Waals surface area contributed by atoms with Crippen LogP contribution in [0.15, 0.2) is 24.4 Å². The lowest BCUT2D eigenvalue weighted by Crippen LogP contribution is -2.51. The molecule has 23 heavy (non-hydrogen) atoms. The van der Waals surface area contributed by atoms with Gasteiger partial charge < -0.3 is 10.6 Å². The maximum atomic E-state index is 5.72. The van der Waals surface area contributed by atoms with Crippen molar-refractivity contribution < 1.29 is 0 Å². The quantitative estimate of drug-likeness (QED) is 0.704. The Morgan fingerprint density at radius 3 is 2.74 bits per heavy atom. The number of rotatable bonds is 7. The van der Waals surface area contributed by atoms with Gasteiger partial charge in [0.15, 0.2) is 0 Å². The number of fused-ring (bicyclic) bond motifs is 2. The molecule has 2 bridgehead atoms. The highest BCUT2D eigenvalue weighted by atomic mass is 15.2. The summed E-state index contributed by atoms with van der Waals surface area (Å²) in [6, 6.07) is 0. The molecule has 2 nitrogen and oxygen atoms in total. The molecule has 0 aromatic rings. The van der Waals surface area contributed by atoms with Crippen molar-refractivity contribution >= 4 is 0 Å². The number of allylic oxidation sites excluding steroid dienone is 3. The molecule has 1 aliphatic heterocycles. The Hall–Kier alpha value is -0.760. The van der Waals surface area contributed by atoms with Crippen molar-refractivity contribution in [2.24, 2.45) is 40.7 Å². The Balaban J connectivity index is 1.48. The fourth-order valence-electron chi connectivity index (χ4n) is 5.18. The van der Waals surface area contributed by atoms with Gasteiger partial charge in [-0.2, -0.15) is 0 Å². The molecule has 2 fully saturated rings. The van der Waals surface area contributed by atoms with Crippen LogP contribution in [0.3, 0.4) is 0 Å². The predicted molar refractivity (Wildman–Crippen MR) is 98.9 cm³/mol. The molecule has 4 aliphatic rings. The molecular weight excluding hydrogens is 280 g/mol. The molecule has 130 valence electrons. The van der Waals surface area contributed by atoms with Crippen LogP contribution in [0.2, 0.25) is 0 Å². The van der Waals surface area contributed by atoms with Crippen LogP contribution in [0.5, 0.6) is 0 Å². The summed E-state index contributed by atoms with van der Waals surface area (Å²) in [5.74, 6) is 4.07. The van der Waals surface area contributed by atoms with E-state index in [1.807, 2.05) is 0 Å². The number of hydrogen-bond acceptors (Lipinski definition) is 2. The van der Waals surface area contributed by atoms with E-state index in [4.69, 9.17) is 5.73 Å². The molecule has 0 radical (unpaired) electrons. The highest BCUT2D eigenvalue weighted by Gasteiger charge is 2.48. The number of nitrogens with two attached hydrogens (primary N) is 1. The first-order valence-electron chi connectivity index (χ1n) is 9.77. The van der Waals surface area contributed by atoms with Gasteiger partial charge in [0, 0.05) is 18.8 Å². The number of likely N-dealkylation sites (tertiary alicyclic amines) is 1. The number of nitrogens with zero attached hydrogens (tertiary/aromatic N) is 1. The molecule has 0 spiro atoms. The lowest BCUT2D eigenvalue weighted by atomic mass is 9.52. The lowest BCUT2D eigenvalue weighted by molar-refractivity contribution is 0.00805. The van der Waals surface area contributed by atoms with E-state index in [0.29, 0.717) is 11.3 Å². The topological polar surface area (TPSA) is 29.3 Å². The summed E-state index contributed by atoms with van der Waals surface area (Å²) >= 11 is 0. The van der Waals surface area contributed by atoms with Crippen LogP contribution in [-0.2, 0) is 0 Å². The summed E-state index contributed by atoms with van der Waals surface area (Å²) in [4.78, 5) is 2.51. The van der Waals surface area contributed by atoms with Crippen LogP contribution in [0.25, 0.3) is 0 Å². The molecule has 0 amide bonds. The van der Waals surface area contributed by atoms with Gasteiger partial charge >= 0.3 is 0 Å². The zero-order valence-corrected chi connectivity index (χ0v) is 15.4. The van der Waals surface area contributed by atoms with E-state index < -0.39 is 0 Å². The molecule has 3 aliphatic carbocycles. The second-order valence-electron chi connectivity index (χ2n) is 8.86. The Morgan fingerprint density at radius 2 is 2.13 bits per heavy atom. The van der Waals surface area contributed by atoms with Gasteiger partial charge in [0.25, 0.3) is 0 Å². The molecule has 1 heterocycles. The third-order valence-corrected chi connectivity index (χ3v) is 7.39. The normalized spacial score (nSPS) is 37.7. The highest BCUT2D eigenvalue weighted by molar-refractivity contribution is 5.17. The van der Waals surface area contributed by atoms with Crippen molar-refractivity contribution in [2.75, 3.05) is 19.6 Å². The molecule has 0 aromatic carbocycles. The van der Waals surface area contributed by atoms with Gasteiger partial charge in [0.2, 0.25) is 0 Å². The largest absolute Gasteiger partial charge is 0.375 e.